The number of imidazole rings is 1. The monoisotopic (exact) mass is 342 g/mol. The highest BCUT2D eigenvalue weighted by Crippen LogP contribution is 2.13. The molecule has 0 radical (unpaired) electrons. The van der Waals surface area contributed by atoms with E-state index in [2.05, 4.69) is 66.8 Å². The maximum absolute atomic E-state index is 12.5. The number of benzene rings is 1. The van der Waals surface area contributed by atoms with Gasteiger partial charge in [0.05, 0.1) is 6.54 Å². The van der Waals surface area contributed by atoms with Gasteiger partial charge in [-0.2, -0.15) is 0 Å². The van der Waals surface area contributed by atoms with Crippen molar-refractivity contribution in [2.45, 2.75) is 47.2 Å². The number of nitrogens with zero attached hydrogens (tertiary/aromatic N) is 3. The third-order valence-corrected chi connectivity index (χ3v) is 4.13. The van der Waals surface area contributed by atoms with Crippen LogP contribution in [0.4, 0.5) is 4.79 Å². The number of rotatable bonds is 8. The minimum absolute atomic E-state index is 0.0130. The summed E-state index contributed by atoms with van der Waals surface area (Å²) >= 11 is 0. The van der Waals surface area contributed by atoms with E-state index in [1.165, 1.54) is 11.1 Å². The molecule has 2 aromatic rings. The molecule has 0 fully saturated rings. The molecule has 1 heterocycles. The minimum Gasteiger partial charge on any atom is -0.338 e. The summed E-state index contributed by atoms with van der Waals surface area (Å²) in [5.74, 6) is 1.32. The van der Waals surface area contributed by atoms with Gasteiger partial charge in [-0.1, -0.05) is 45.0 Å². The molecule has 0 saturated heterocycles. The van der Waals surface area contributed by atoms with Crippen LogP contribution in [-0.2, 0) is 13.1 Å². The van der Waals surface area contributed by atoms with Crippen molar-refractivity contribution in [1.82, 2.24) is 19.8 Å². The lowest BCUT2D eigenvalue weighted by Gasteiger charge is -2.25. The fraction of sp³-hybridized carbons (Fsp3) is 0.500. The highest BCUT2D eigenvalue weighted by atomic mass is 16.2. The molecule has 25 heavy (non-hydrogen) atoms. The number of aromatic nitrogens is 2. The molecule has 5 heteroatoms. The summed E-state index contributed by atoms with van der Waals surface area (Å²) in [7, 11) is 0. The molecule has 0 unspecified atom stereocenters. The Balaban J connectivity index is 2.13. The van der Waals surface area contributed by atoms with E-state index in [0.717, 1.165) is 18.8 Å². The first-order chi connectivity index (χ1) is 12.0. The number of amides is 2. The van der Waals surface area contributed by atoms with Crippen molar-refractivity contribution in [3.8, 4) is 0 Å². The number of nitrogens with one attached hydrogen (secondary N) is 1. The smallest absolute Gasteiger partial charge is 0.317 e. The van der Waals surface area contributed by atoms with Crippen molar-refractivity contribution in [1.29, 1.82) is 0 Å². The number of hydrogen-bond donors (Lipinski definition) is 1. The van der Waals surface area contributed by atoms with E-state index in [1.54, 1.807) is 0 Å². The maximum Gasteiger partial charge on any atom is 0.317 e. The van der Waals surface area contributed by atoms with Gasteiger partial charge in [-0.05, 0) is 30.4 Å². The van der Waals surface area contributed by atoms with Crippen LogP contribution in [-0.4, -0.2) is 33.6 Å². The molecule has 1 N–H and O–H groups in total. The van der Waals surface area contributed by atoms with Crippen LogP contribution in [0.25, 0.3) is 0 Å². The Labute approximate surface area is 151 Å². The van der Waals surface area contributed by atoms with Crippen molar-refractivity contribution >= 4 is 6.03 Å². The van der Waals surface area contributed by atoms with Crippen LogP contribution in [0.1, 0.15) is 44.1 Å². The standard InChI is InChI=1S/C20H30N4O/c1-5-10-22-20(25)24(13-16(2)3)15-19-21-11-12-23(19)14-18-9-7-6-8-17(18)4/h6-9,11-12,16H,5,10,13-15H2,1-4H3,(H,22,25). The molecule has 1 aromatic heterocycles. The van der Waals surface area contributed by atoms with Gasteiger partial charge in [0, 0.05) is 32.0 Å². The Morgan fingerprint density at radius 3 is 2.76 bits per heavy atom. The first-order valence-electron chi connectivity index (χ1n) is 9.08. The van der Waals surface area contributed by atoms with Crippen LogP contribution >= 0.6 is 0 Å². The molecular weight excluding hydrogens is 312 g/mol. The molecule has 0 aliphatic heterocycles. The topological polar surface area (TPSA) is 50.2 Å². The highest BCUT2D eigenvalue weighted by molar-refractivity contribution is 5.74. The van der Waals surface area contributed by atoms with E-state index in [0.29, 0.717) is 25.6 Å². The first-order valence-corrected chi connectivity index (χ1v) is 9.08. The quantitative estimate of drug-likeness (QED) is 0.793. The lowest BCUT2D eigenvalue weighted by molar-refractivity contribution is 0.185. The summed E-state index contributed by atoms with van der Waals surface area (Å²) in [6.07, 6.45) is 4.73. The molecule has 0 aliphatic carbocycles. The predicted octanol–water partition coefficient (Wildman–Crippen LogP) is 3.82. The summed E-state index contributed by atoms with van der Waals surface area (Å²) in [5, 5.41) is 2.98. The van der Waals surface area contributed by atoms with Gasteiger partial charge in [0.2, 0.25) is 0 Å². The minimum atomic E-state index is -0.0130. The Kier molecular flexibility index (Phi) is 7.04. The Morgan fingerprint density at radius 2 is 2.08 bits per heavy atom. The van der Waals surface area contributed by atoms with Gasteiger partial charge in [-0.25, -0.2) is 9.78 Å². The van der Waals surface area contributed by atoms with Gasteiger partial charge in [0.15, 0.2) is 0 Å². The third-order valence-electron chi connectivity index (χ3n) is 4.13. The van der Waals surface area contributed by atoms with Gasteiger partial charge in [-0.3, -0.25) is 0 Å². The summed E-state index contributed by atoms with van der Waals surface area (Å²) < 4.78 is 2.13. The van der Waals surface area contributed by atoms with Crippen LogP contribution in [0.5, 0.6) is 0 Å². The molecule has 0 atom stereocenters. The van der Waals surface area contributed by atoms with E-state index in [9.17, 15) is 4.79 Å². The zero-order chi connectivity index (χ0) is 18.2. The summed E-state index contributed by atoms with van der Waals surface area (Å²) in [5.41, 5.74) is 2.54. The molecule has 2 amide bonds. The Hall–Kier alpha value is -2.30. The maximum atomic E-state index is 12.5. The second-order valence-electron chi connectivity index (χ2n) is 6.90. The van der Waals surface area contributed by atoms with Gasteiger partial charge < -0.3 is 14.8 Å². The van der Waals surface area contributed by atoms with Crippen LogP contribution in [0.2, 0.25) is 0 Å². The zero-order valence-corrected chi connectivity index (χ0v) is 15.8. The molecule has 1 aromatic carbocycles. The average Bonchev–Trinajstić information content (AvgIpc) is 3.00. The fourth-order valence-corrected chi connectivity index (χ4v) is 2.78. The van der Waals surface area contributed by atoms with Gasteiger partial charge in [0.25, 0.3) is 0 Å². The number of carbonyl (C=O) groups is 1. The first kappa shape index (κ1) is 19.0. The van der Waals surface area contributed by atoms with Crippen molar-refractivity contribution in [3.63, 3.8) is 0 Å². The normalized spacial score (nSPS) is 10.9. The second kappa shape index (κ2) is 9.25. The van der Waals surface area contributed by atoms with Crippen molar-refractivity contribution in [2.75, 3.05) is 13.1 Å². The van der Waals surface area contributed by atoms with E-state index in [1.807, 2.05) is 17.3 Å². The Bertz CT molecular complexity index is 678. The fourth-order valence-electron chi connectivity index (χ4n) is 2.78. The number of urea groups is 1. The van der Waals surface area contributed by atoms with Gasteiger partial charge in [0.1, 0.15) is 5.82 Å². The van der Waals surface area contributed by atoms with E-state index < -0.39 is 0 Å². The van der Waals surface area contributed by atoms with Crippen LogP contribution < -0.4 is 5.32 Å². The number of carbonyl (C=O) groups excluding carboxylic acids is 1. The van der Waals surface area contributed by atoms with Crippen molar-refractivity contribution in [2.24, 2.45) is 5.92 Å². The summed E-state index contributed by atoms with van der Waals surface area (Å²) in [6.45, 7) is 11.1. The predicted molar refractivity (Wildman–Crippen MR) is 101 cm³/mol. The molecule has 0 bridgehead atoms. The number of aryl methyl sites for hydroxylation is 1. The summed E-state index contributed by atoms with van der Waals surface area (Å²) in [6, 6.07) is 8.35. The second-order valence-corrected chi connectivity index (χ2v) is 6.90. The lowest BCUT2D eigenvalue weighted by atomic mass is 10.1. The van der Waals surface area contributed by atoms with Crippen LogP contribution in [0.15, 0.2) is 36.7 Å². The molecule has 0 saturated carbocycles. The van der Waals surface area contributed by atoms with E-state index in [4.69, 9.17) is 0 Å². The number of hydrogen-bond acceptors (Lipinski definition) is 2. The van der Waals surface area contributed by atoms with Crippen molar-refractivity contribution < 1.29 is 4.79 Å². The van der Waals surface area contributed by atoms with Gasteiger partial charge >= 0.3 is 6.03 Å². The Morgan fingerprint density at radius 1 is 1.32 bits per heavy atom. The molecule has 5 nitrogen and oxygen atoms in total. The van der Waals surface area contributed by atoms with Crippen molar-refractivity contribution in [3.05, 3.63) is 53.6 Å². The highest BCUT2D eigenvalue weighted by Gasteiger charge is 2.17. The molecule has 2 rings (SSSR count). The van der Waals surface area contributed by atoms with Crippen LogP contribution in [0.3, 0.4) is 0 Å². The lowest BCUT2D eigenvalue weighted by Crippen LogP contribution is -2.42. The van der Waals surface area contributed by atoms with E-state index in [-0.39, 0.29) is 6.03 Å². The third kappa shape index (κ3) is 5.62. The average molecular weight is 342 g/mol. The summed E-state index contributed by atoms with van der Waals surface area (Å²) in [4.78, 5) is 18.8. The molecule has 136 valence electrons. The molecule has 0 aliphatic rings. The molecule has 0 spiro atoms. The van der Waals surface area contributed by atoms with Gasteiger partial charge in [-0.15, -0.1) is 0 Å². The largest absolute Gasteiger partial charge is 0.338 e. The molecular formula is C20H30N4O. The zero-order valence-electron chi connectivity index (χ0n) is 15.8. The SMILES string of the molecule is CCCNC(=O)N(Cc1nccn1Cc1ccccc1C)CC(C)C. The van der Waals surface area contributed by atoms with E-state index >= 15 is 0 Å². The van der Waals surface area contributed by atoms with Crippen LogP contribution in [0, 0.1) is 12.8 Å².